The molecule has 0 atom stereocenters. The second-order valence-electron chi connectivity index (χ2n) is 4.73. The molecule has 90 valence electrons. The maximum Gasteiger partial charge on any atom is 0.197 e. The number of piperidine rings is 1. The number of rotatable bonds is 1. The lowest BCUT2D eigenvalue weighted by Crippen LogP contribution is -2.39. The minimum atomic E-state index is 0.816. The third kappa shape index (κ3) is 1.76. The second-order valence-corrected chi connectivity index (χ2v) is 5.11. The van der Waals surface area contributed by atoms with E-state index in [-0.39, 0.29) is 0 Å². The Balaban J connectivity index is 2.20. The van der Waals surface area contributed by atoms with Gasteiger partial charge in [-0.2, -0.15) is 0 Å². The van der Waals surface area contributed by atoms with Crippen LogP contribution < -0.4 is 5.01 Å². The maximum atomic E-state index is 5.46. The molecule has 1 aliphatic heterocycles. The monoisotopic (exact) mass is 247 g/mol. The molecule has 1 saturated heterocycles. The standard InChI is InChI=1S/C13H17N3S/c1-10-6-5-7-11-12(10)16(13(17)14-11)15-8-3-2-4-9-15/h5-7H,2-4,8-9H2,1H3,(H,14,17). The number of aromatic amines is 1. The number of aryl methyl sites for hydroxylation is 1. The maximum absolute atomic E-state index is 5.46. The third-order valence-corrected chi connectivity index (χ3v) is 3.77. The number of para-hydroxylation sites is 1. The predicted octanol–water partition coefficient (Wildman–Crippen LogP) is 3.13. The van der Waals surface area contributed by atoms with E-state index in [1.165, 1.54) is 30.3 Å². The van der Waals surface area contributed by atoms with Crippen molar-refractivity contribution in [2.24, 2.45) is 0 Å². The summed E-state index contributed by atoms with van der Waals surface area (Å²) in [5.41, 5.74) is 3.65. The van der Waals surface area contributed by atoms with Crippen molar-refractivity contribution in [2.75, 3.05) is 18.1 Å². The van der Waals surface area contributed by atoms with Crippen molar-refractivity contribution in [1.82, 2.24) is 9.66 Å². The number of hydrogen-bond acceptors (Lipinski definition) is 2. The fourth-order valence-corrected chi connectivity index (χ4v) is 2.97. The van der Waals surface area contributed by atoms with E-state index in [0.717, 1.165) is 23.4 Å². The fourth-order valence-electron chi connectivity index (χ4n) is 2.66. The smallest absolute Gasteiger partial charge is 0.197 e. The van der Waals surface area contributed by atoms with Crippen LogP contribution in [0.25, 0.3) is 11.0 Å². The van der Waals surface area contributed by atoms with Gasteiger partial charge in [0.05, 0.1) is 11.0 Å². The van der Waals surface area contributed by atoms with Crippen LogP contribution in [0.15, 0.2) is 18.2 Å². The number of fused-ring (bicyclic) bond motifs is 1. The Bertz CT molecular complexity index is 590. The van der Waals surface area contributed by atoms with Crippen LogP contribution in [-0.4, -0.2) is 22.7 Å². The first-order chi connectivity index (χ1) is 8.27. The summed E-state index contributed by atoms with van der Waals surface area (Å²) in [7, 11) is 0. The molecule has 0 radical (unpaired) electrons. The third-order valence-electron chi connectivity index (χ3n) is 3.50. The van der Waals surface area contributed by atoms with Gasteiger partial charge in [-0.15, -0.1) is 0 Å². The van der Waals surface area contributed by atoms with E-state index in [1.54, 1.807) is 0 Å². The minimum Gasteiger partial charge on any atom is -0.329 e. The topological polar surface area (TPSA) is 24.0 Å². The molecule has 1 aromatic heterocycles. The van der Waals surface area contributed by atoms with Crippen molar-refractivity contribution >= 4 is 23.3 Å². The Morgan fingerprint density at radius 3 is 2.71 bits per heavy atom. The van der Waals surface area contributed by atoms with Gasteiger partial charge in [0.1, 0.15) is 0 Å². The molecular formula is C13H17N3S. The summed E-state index contributed by atoms with van der Waals surface area (Å²) in [6, 6.07) is 6.31. The highest BCUT2D eigenvalue weighted by Gasteiger charge is 2.15. The number of nitrogens with zero attached hydrogens (tertiary/aromatic N) is 2. The minimum absolute atomic E-state index is 0.816. The molecule has 1 N–H and O–H groups in total. The fraction of sp³-hybridized carbons (Fsp3) is 0.462. The first-order valence-corrected chi connectivity index (χ1v) is 6.64. The van der Waals surface area contributed by atoms with Crippen LogP contribution in [0.2, 0.25) is 0 Å². The SMILES string of the molecule is Cc1cccc2[nH]c(=S)n(N3CCCCC3)c12. The Kier molecular flexibility index (Phi) is 2.67. The summed E-state index contributed by atoms with van der Waals surface area (Å²) < 4.78 is 3.01. The highest BCUT2D eigenvalue weighted by atomic mass is 32.1. The van der Waals surface area contributed by atoms with Gasteiger partial charge in [0, 0.05) is 13.1 Å². The predicted molar refractivity (Wildman–Crippen MR) is 73.7 cm³/mol. The molecule has 3 rings (SSSR count). The molecule has 0 bridgehead atoms. The second kappa shape index (κ2) is 4.18. The van der Waals surface area contributed by atoms with Gasteiger partial charge in [-0.3, -0.25) is 0 Å². The molecule has 3 nitrogen and oxygen atoms in total. The molecule has 0 amide bonds. The van der Waals surface area contributed by atoms with Gasteiger partial charge in [-0.25, -0.2) is 4.68 Å². The molecule has 0 aliphatic carbocycles. The zero-order valence-electron chi connectivity index (χ0n) is 10.1. The Hall–Kier alpha value is -1.29. The van der Waals surface area contributed by atoms with E-state index in [0.29, 0.717) is 0 Å². The summed E-state index contributed by atoms with van der Waals surface area (Å²) >= 11 is 5.46. The van der Waals surface area contributed by atoms with Crippen LogP contribution in [-0.2, 0) is 0 Å². The van der Waals surface area contributed by atoms with E-state index >= 15 is 0 Å². The summed E-state index contributed by atoms with van der Waals surface area (Å²) in [6.45, 7) is 4.36. The van der Waals surface area contributed by atoms with Gasteiger partial charge in [0.25, 0.3) is 0 Å². The highest BCUT2D eigenvalue weighted by Crippen LogP contribution is 2.20. The molecule has 0 saturated carbocycles. The van der Waals surface area contributed by atoms with Gasteiger partial charge in [0.2, 0.25) is 0 Å². The van der Waals surface area contributed by atoms with Crippen molar-refractivity contribution in [3.05, 3.63) is 28.5 Å². The van der Waals surface area contributed by atoms with E-state index in [1.807, 2.05) is 0 Å². The lowest BCUT2D eigenvalue weighted by atomic mass is 10.1. The van der Waals surface area contributed by atoms with Crippen molar-refractivity contribution in [3.63, 3.8) is 0 Å². The number of nitrogens with one attached hydrogen (secondary N) is 1. The number of H-pyrrole nitrogens is 1. The van der Waals surface area contributed by atoms with Crippen molar-refractivity contribution in [2.45, 2.75) is 26.2 Å². The summed E-state index contributed by atoms with van der Waals surface area (Å²) in [5, 5.41) is 2.37. The Morgan fingerprint density at radius 2 is 1.94 bits per heavy atom. The van der Waals surface area contributed by atoms with E-state index in [9.17, 15) is 0 Å². The van der Waals surface area contributed by atoms with E-state index in [4.69, 9.17) is 12.2 Å². The molecular weight excluding hydrogens is 230 g/mol. The molecule has 4 heteroatoms. The molecule has 0 unspecified atom stereocenters. The molecule has 0 spiro atoms. The summed E-state index contributed by atoms with van der Waals surface area (Å²) in [6.07, 6.45) is 3.87. The Labute approximate surface area is 106 Å². The number of hydrogen-bond donors (Lipinski definition) is 1. The Morgan fingerprint density at radius 1 is 1.18 bits per heavy atom. The molecule has 2 aromatic rings. The summed E-state index contributed by atoms with van der Waals surface area (Å²) in [5.74, 6) is 0. The zero-order chi connectivity index (χ0) is 11.8. The molecule has 1 fully saturated rings. The number of benzene rings is 1. The first-order valence-electron chi connectivity index (χ1n) is 6.23. The average molecular weight is 247 g/mol. The van der Waals surface area contributed by atoms with Crippen molar-refractivity contribution < 1.29 is 0 Å². The van der Waals surface area contributed by atoms with Crippen LogP contribution in [0.3, 0.4) is 0 Å². The highest BCUT2D eigenvalue weighted by molar-refractivity contribution is 7.71. The molecule has 17 heavy (non-hydrogen) atoms. The number of imidazole rings is 1. The molecule has 1 aromatic carbocycles. The van der Waals surface area contributed by atoms with Crippen LogP contribution in [0.5, 0.6) is 0 Å². The van der Waals surface area contributed by atoms with Crippen LogP contribution >= 0.6 is 12.2 Å². The van der Waals surface area contributed by atoms with Crippen LogP contribution in [0, 0.1) is 11.7 Å². The van der Waals surface area contributed by atoms with Crippen LogP contribution in [0.4, 0.5) is 0 Å². The molecule has 1 aliphatic rings. The van der Waals surface area contributed by atoms with E-state index in [2.05, 4.69) is 39.8 Å². The molecule has 2 heterocycles. The number of aromatic nitrogens is 2. The van der Waals surface area contributed by atoms with Gasteiger partial charge < -0.3 is 9.99 Å². The quantitative estimate of drug-likeness (QED) is 0.783. The lowest BCUT2D eigenvalue weighted by molar-refractivity contribution is 0.482. The first kappa shape index (κ1) is 10.8. The summed E-state index contributed by atoms with van der Waals surface area (Å²) in [4.78, 5) is 3.30. The lowest BCUT2D eigenvalue weighted by Gasteiger charge is -2.30. The van der Waals surface area contributed by atoms with Gasteiger partial charge in [-0.1, -0.05) is 12.1 Å². The van der Waals surface area contributed by atoms with Gasteiger partial charge in [-0.05, 0) is 50.0 Å². The van der Waals surface area contributed by atoms with Crippen LogP contribution in [0.1, 0.15) is 24.8 Å². The van der Waals surface area contributed by atoms with Crippen molar-refractivity contribution in [1.29, 1.82) is 0 Å². The average Bonchev–Trinajstić information content (AvgIpc) is 2.68. The normalized spacial score (nSPS) is 16.6. The van der Waals surface area contributed by atoms with Gasteiger partial charge >= 0.3 is 0 Å². The van der Waals surface area contributed by atoms with Gasteiger partial charge in [0.15, 0.2) is 4.77 Å². The zero-order valence-corrected chi connectivity index (χ0v) is 10.9. The van der Waals surface area contributed by atoms with E-state index < -0.39 is 0 Å². The largest absolute Gasteiger partial charge is 0.329 e. The van der Waals surface area contributed by atoms with Crippen molar-refractivity contribution in [3.8, 4) is 0 Å².